The number of rotatable bonds is 4. The van der Waals surface area contributed by atoms with Gasteiger partial charge in [-0.3, -0.25) is 0 Å². The van der Waals surface area contributed by atoms with E-state index in [2.05, 4.69) is 10.6 Å². The van der Waals surface area contributed by atoms with E-state index in [9.17, 15) is 13.6 Å². The zero-order valence-corrected chi connectivity index (χ0v) is 11.2. The van der Waals surface area contributed by atoms with Crippen molar-refractivity contribution in [2.75, 3.05) is 0 Å². The minimum atomic E-state index is -2.48. The van der Waals surface area contributed by atoms with Gasteiger partial charge in [-0.1, -0.05) is 18.2 Å². The first kappa shape index (κ1) is 13.3. The van der Waals surface area contributed by atoms with Gasteiger partial charge in [0.15, 0.2) is 0 Å². The molecule has 1 aromatic carbocycles. The van der Waals surface area contributed by atoms with Crippen molar-refractivity contribution in [3.05, 3.63) is 35.4 Å². The van der Waals surface area contributed by atoms with Crippen molar-refractivity contribution in [2.24, 2.45) is 5.41 Å². The van der Waals surface area contributed by atoms with Gasteiger partial charge >= 0.3 is 6.03 Å². The van der Waals surface area contributed by atoms with Crippen molar-refractivity contribution in [3.63, 3.8) is 0 Å². The van der Waals surface area contributed by atoms with Crippen LogP contribution in [0.15, 0.2) is 24.3 Å². The highest BCUT2D eigenvalue weighted by Gasteiger charge is 2.53. The van der Waals surface area contributed by atoms with Crippen molar-refractivity contribution < 1.29 is 13.6 Å². The molecule has 5 heteroatoms. The first-order valence-corrected chi connectivity index (χ1v) is 6.98. The van der Waals surface area contributed by atoms with Gasteiger partial charge < -0.3 is 10.6 Å². The van der Waals surface area contributed by atoms with Crippen LogP contribution in [0.5, 0.6) is 0 Å². The van der Waals surface area contributed by atoms with E-state index in [4.69, 9.17) is 0 Å². The molecule has 0 bridgehead atoms. The van der Waals surface area contributed by atoms with E-state index in [0.717, 1.165) is 12.8 Å². The minimum Gasteiger partial charge on any atom is -0.335 e. The number of hydrogen-bond acceptors (Lipinski definition) is 1. The highest BCUT2D eigenvalue weighted by atomic mass is 19.3. The molecule has 0 heterocycles. The summed E-state index contributed by atoms with van der Waals surface area (Å²) < 4.78 is 25.1. The van der Waals surface area contributed by atoms with Crippen LogP contribution in [0.25, 0.3) is 0 Å². The molecule has 0 radical (unpaired) electrons. The van der Waals surface area contributed by atoms with E-state index in [1.807, 2.05) is 0 Å². The molecule has 1 aromatic rings. The Morgan fingerprint density at radius 1 is 1.35 bits per heavy atom. The smallest absolute Gasteiger partial charge is 0.315 e. The zero-order chi connectivity index (χ0) is 14.2. The van der Waals surface area contributed by atoms with Gasteiger partial charge in [-0.2, -0.15) is 0 Å². The Morgan fingerprint density at radius 2 is 2.10 bits per heavy atom. The topological polar surface area (TPSA) is 41.1 Å². The van der Waals surface area contributed by atoms with Gasteiger partial charge in [-0.05, 0) is 42.7 Å². The zero-order valence-electron chi connectivity index (χ0n) is 11.2. The fourth-order valence-corrected chi connectivity index (χ4v) is 2.93. The summed E-state index contributed by atoms with van der Waals surface area (Å²) in [6.45, 7) is 0.268. The van der Waals surface area contributed by atoms with Gasteiger partial charge in [0.25, 0.3) is 6.43 Å². The molecule has 2 saturated carbocycles. The van der Waals surface area contributed by atoms with E-state index in [1.165, 1.54) is 25.0 Å². The summed E-state index contributed by atoms with van der Waals surface area (Å²) in [7, 11) is 0. The van der Waals surface area contributed by atoms with Crippen molar-refractivity contribution in [3.8, 4) is 0 Å². The van der Waals surface area contributed by atoms with Gasteiger partial charge in [0, 0.05) is 18.2 Å². The largest absolute Gasteiger partial charge is 0.335 e. The summed E-state index contributed by atoms with van der Waals surface area (Å²) >= 11 is 0. The molecule has 0 aliphatic heterocycles. The van der Waals surface area contributed by atoms with Crippen LogP contribution in [0.3, 0.4) is 0 Å². The standard InChI is InChI=1S/C15H18F2N2O/c16-13(17)11-3-1-2-10(6-11)9-18-14(20)19-12-7-15(8-12)4-5-15/h1-3,6,12-13H,4-5,7-9H2,(H2,18,19,20). The summed E-state index contributed by atoms with van der Waals surface area (Å²) in [6.07, 6.45) is 2.29. The number of hydrogen-bond donors (Lipinski definition) is 2. The third-order valence-corrected chi connectivity index (χ3v) is 4.31. The Balaban J connectivity index is 1.44. The number of alkyl halides is 2. The minimum absolute atomic E-state index is 0.0145. The maximum Gasteiger partial charge on any atom is 0.315 e. The van der Waals surface area contributed by atoms with E-state index >= 15 is 0 Å². The molecule has 0 atom stereocenters. The van der Waals surface area contributed by atoms with Crippen molar-refractivity contribution >= 4 is 6.03 Å². The van der Waals surface area contributed by atoms with Crippen LogP contribution >= 0.6 is 0 Å². The number of carbonyl (C=O) groups excluding carboxylic acids is 1. The fourth-order valence-electron chi connectivity index (χ4n) is 2.93. The first-order valence-electron chi connectivity index (χ1n) is 6.98. The molecule has 2 amide bonds. The predicted molar refractivity (Wildman–Crippen MR) is 71.5 cm³/mol. The molecular formula is C15H18F2N2O. The molecule has 0 unspecified atom stereocenters. The maximum atomic E-state index is 12.6. The highest BCUT2D eigenvalue weighted by molar-refractivity contribution is 5.74. The number of urea groups is 1. The average Bonchev–Trinajstić information content (AvgIpc) is 3.17. The Labute approximate surface area is 116 Å². The van der Waals surface area contributed by atoms with Crippen LogP contribution in [0, 0.1) is 5.41 Å². The van der Waals surface area contributed by atoms with E-state index in [1.54, 1.807) is 12.1 Å². The second-order valence-corrected chi connectivity index (χ2v) is 5.98. The molecule has 2 aliphatic rings. The second-order valence-electron chi connectivity index (χ2n) is 5.98. The number of nitrogens with one attached hydrogen (secondary N) is 2. The molecule has 3 nitrogen and oxygen atoms in total. The summed E-state index contributed by atoms with van der Waals surface area (Å²) in [5.41, 5.74) is 1.23. The third kappa shape index (κ3) is 2.92. The van der Waals surface area contributed by atoms with Gasteiger partial charge in [-0.25, -0.2) is 13.6 Å². The summed E-state index contributed by atoms with van der Waals surface area (Å²) in [6, 6.07) is 6.19. The van der Waals surface area contributed by atoms with Crippen LogP contribution in [0.4, 0.5) is 13.6 Å². The third-order valence-electron chi connectivity index (χ3n) is 4.31. The van der Waals surface area contributed by atoms with Crippen molar-refractivity contribution in [2.45, 2.75) is 44.7 Å². The molecule has 2 N–H and O–H groups in total. The monoisotopic (exact) mass is 280 g/mol. The summed E-state index contributed by atoms with van der Waals surface area (Å²) in [5, 5.41) is 5.64. The molecule has 0 saturated heterocycles. The van der Waals surface area contributed by atoms with Gasteiger partial charge in [0.1, 0.15) is 0 Å². The lowest BCUT2D eigenvalue weighted by Crippen LogP contribution is -2.48. The second kappa shape index (κ2) is 5.04. The normalized spacial score (nSPS) is 19.8. The lowest BCUT2D eigenvalue weighted by molar-refractivity contribution is 0.151. The fraction of sp³-hybridized carbons (Fsp3) is 0.533. The molecular weight excluding hydrogens is 262 g/mol. The molecule has 2 fully saturated rings. The Bertz CT molecular complexity index is 506. The Hall–Kier alpha value is -1.65. The lowest BCUT2D eigenvalue weighted by Gasteiger charge is -2.36. The maximum absolute atomic E-state index is 12.6. The first-order chi connectivity index (χ1) is 9.56. The van der Waals surface area contributed by atoms with Crippen LogP contribution in [0.2, 0.25) is 0 Å². The van der Waals surface area contributed by atoms with Crippen LogP contribution in [-0.4, -0.2) is 12.1 Å². The van der Waals surface area contributed by atoms with E-state index in [-0.39, 0.29) is 24.2 Å². The molecule has 1 spiro atoms. The number of halogens is 2. The van der Waals surface area contributed by atoms with Crippen LogP contribution in [0.1, 0.15) is 43.2 Å². The summed E-state index contributed by atoms with van der Waals surface area (Å²) in [5.74, 6) is 0. The van der Waals surface area contributed by atoms with Gasteiger partial charge in [0.05, 0.1) is 0 Å². The van der Waals surface area contributed by atoms with Crippen molar-refractivity contribution in [1.29, 1.82) is 0 Å². The van der Waals surface area contributed by atoms with E-state index < -0.39 is 6.43 Å². The number of carbonyl (C=O) groups is 1. The van der Waals surface area contributed by atoms with Crippen molar-refractivity contribution in [1.82, 2.24) is 10.6 Å². The molecule has 3 rings (SSSR count). The van der Waals surface area contributed by atoms with Crippen LogP contribution < -0.4 is 10.6 Å². The van der Waals surface area contributed by atoms with Gasteiger partial charge in [-0.15, -0.1) is 0 Å². The molecule has 0 aromatic heterocycles. The SMILES string of the molecule is O=C(NCc1cccc(C(F)F)c1)NC1CC2(CC2)C1. The highest BCUT2D eigenvalue weighted by Crippen LogP contribution is 2.60. The molecule has 108 valence electrons. The van der Waals surface area contributed by atoms with Gasteiger partial charge in [0.2, 0.25) is 0 Å². The number of amides is 2. The van der Waals surface area contributed by atoms with Crippen LogP contribution in [-0.2, 0) is 6.54 Å². The average molecular weight is 280 g/mol. The molecule has 20 heavy (non-hydrogen) atoms. The Morgan fingerprint density at radius 3 is 2.75 bits per heavy atom. The quantitative estimate of drug-likeness (QED) is 0.872. The lowest BCUT2D eigenvalue weighted by atomic mass is 9.77. The molecule has 2 aliphatic carbocycles. The number of benzene rings is 1. The summed E-state index contributed by atoms with van der Waals surface area (Å²) in [4.78, 5) is 11.7. The Kier molecular flexibility index (Phi) is 3.36. The predicted octanol–water partition coefficient (Wildman–Crippen LogP) is 3.37. The van der Waals surface area contributed by atoms with E-state index in [0.29, 0.717) is 11.0 Å².